The molecule has 1 aliphatic rings. The van der Waals surface area contributed by atoms with Crippen LogP contribution < -0.4 is 29.1 Å². The molecule has 0 spiro atoms. The van der Waals surface area contributed by atoms with Crippen LogP contribution in [-0.2, 0) is 9.53 Å². The second-order valence-electron chi connectivity index (χ2n) is 9.23. The maximum Gasteiger partial charge on any atom is 0.338 e. The summed E-state index contributed by atoms with van der Waals surface area (Å²) in [5.41, 5.74) is 1.23. The molecule has 3 aromatic carbocycles. The SMILES string of the molecule is CCOC(=O)C1=C(c2ccccc2)N=c2s/c(=C\c3cc(OC)c(OC)cc3[N+](=O)[O-])c(=O)n2[C@H]1c1ccc(OC)cc1. The van der Waals surface area contributed by atoms with E-state index in [1.165, 1.54) is 37.0 Å². The van der Waals surface area contributed by atoms with Gasteiger partial charge in [0.05, 0.1) is 66.3 Å². The van der Waals surface area contributed by atoms with Gasteiger partial charge >= 0.3 is 5.97 Å². The molecule has 12 heteroatoms. The molecule has 1 aliphatic heterocycles. The second-order valence-corrected chi connectivity index (χ2v) is 10.2. The minimum atomic E-state index is -0.904. The number of esters is 1. The van der Waals surface area contributed by atoms with E-state index in [1.807, 2.05) is 30.3 Å². The number of thiazole rings is 1. The van der Waals surface area contributed by atoms with E-state index in [9.17, 15) is 19.7 Å². The Kier molecular flexibility index (Phi) is 8.39. The van der Waals surface area contributed by atoms with Crippen LogP contribution in [0.2, 0.25) is 0 Å². The summed E-state index contributed by atoms with van der Waals surface area (Å²) in [6, 6.07) is 18.0. The molecule has 2 heterocycles. The van der Waals surface area contributed by atoms with Crippen LogP contribution in [-0.4, -0.2) is 43.4 Å². The quantitative estimate of drug-likeness (QED) is 0.161. The molecule has 0 bridgehead atoms. The number of carbonyl (C=O) groups excluding carboxylic acids is 1. The van der Waals surface area contributed by atoms with Crippen molar-refractivity contribution in [2.75, 3.05) is 27.9 Å². The van der Waals surface area contributed by atoms with E-state index in [0.717, 1.165) is 11.3 Å². The van der Waals surface area contributed by atoms with Gasteiger partial charge in [0.25, 0.3) is 11.2 Å². The molecule has 0 unspecified atom stereocenters. The zero-order valence-electron chi connectivity index (χ0n) is 23.7. The van der Waals surface area contributed by atoms with Gasteiger partial charge in [-0.25, -0.2) is 9.79 Å². The van der Waals surface area contributed by atoms with Gasteiger partial charge in [-0.3, -0.25) is 19.5 Å². The fraction of sp³-hybridized carbons (Fsp3) is 0.194. The average molecular weight is 602 g/mol. The van der Waals surface area contributed by atoms with Crippen LogP contribution >= 0.6 is 11.3 Å². The number of methoxy groups -OCH3 is 3. The molecule has 1 atom stereocenters. The predicted octanol–water partition coefficient (Wildman–Crippen LogP) is 3.87. The number of carbonyl (C=O) groups is 1. The standard InChI is InChI=1S/C31H27N3O8S/c1-5-42-30(36)26-27(18-9-7-6-8-10-18)32-31-33(28(26)19-11-13-21(39-2)14-12-19)29(35)25(43-31)16-20-15-23(40-3)24(41-4)17-22(20)34(37)38/h6-17,28H,5H2,1-4H3/b25-16-/t28-/m0/s1. The van der Waals surface area contributed by atoms with Crippen LogP contribution in [0.1, 0.15) is 29.7 Å². The zero-order chi connectivity index (χ0) is 30.7. The molecule has 0 fully saturated rings. The van der Waals surface area contributed by atoms with E-state index in [2.05, 4.69) is 0 Å². The molecule has 11 nitrogen and oxygen atoms in total. The van der Waals surface area contributed by atoms with Gasteiger partial charge in [-0.2, -0.15) is 0 Å². The number of nitro benzene ring substituents is 1. The highest BCUT2D eigenvalue weighted by Crippen LogP contribution is 2.37. The molecule has 4 aromatic rings. The van der Waals surface area contributed by atoms with Gasteiger partial charge in [-0.15, -0.1) is 0 Å². The van der Waals surface area contributed by atoms with Crippen molar-refractivity contribution in [3.63, 3.8) is 0 Å². The van der Waals surface area contributed by atoms with E-state index in [4.69, 9.17) is 23.9 Å². The summed E-state index contributed by atoms with van der Waals surface area (Å²) in [5, 5.41) is 12.0. The number of fused-ring (bicyclic) bond motifs is 1. The zero-order valence-corrected chi connectivity index (χ0v) is 24.5. The Morgan fingerprint density at radius 2 is 1.70 bits per heavy atom. The Labute approximate surface area is 249 Å². The predicted molar refractivity (Wildman–Crippen MR) is 160 cm³/mol. The summed E-state index contributed by atoms with van der Waals surface area (Å²) < 4.78 is 23.0. The van der Waals surface area contributed by atoms with Gasteiger partial charge in [0.15, 0.2) is 16.3 Å². The van der Waals surface area contributed by atoms with Gasteiger partial charge in [0.2, 0.25) is 0 Å². The highest BCUT2D eigenvalue weighted by molar-refractivity contribution is 7.07. The maximum absolute atomic E-state index is 14.1. The first-order chi connectivity index (χ1) is 20.8. The van der Waals surface area contributed by atoms with Crippen LogP contribution in [0.25, 0.3) is 11.8 Å². The van der Waals surface area contributed by atoms with Gasteiger partial charge in [-0.1, -0.05) is 53.8 Å². The number of nitrogens with zero attached hydrogens (tertiary/aromatic N) is 3. The van der Waals surface area contributed by atoms with Crippen LogP contribution in [0.15, 0.2) is 82.1 Å². The molecule has 0 aliphatic carbocycles. The van der Waals surface area contributed by atoms with Crippen molar-refractivity contribution in [3.8, 4) is 17.2 Å². The number of nitro groups is 1. The Bertz CT molecular complexity index is 1910. The van der Waals surface area contributed by atoms with Gasteiger partial charge < -0.3 is 18.9 Å². The summed E-state index contributed by atoms with van der Waals surface area (Å²) in [7, 11) is 4.34. The molecule has 5 rings (SSSR count). The van der Waals surface area contributed by atoms with Gasteiger partial charge in [0.1, 0.15) is 5.75 Å². The van der Waals surface area contributed by atoms with Crippen molar-refractivity contribution < 1.29 is 28.7 Å². The first-order valence-corrected chi connectivity index (χ1v) is 14.0. The van der Waals surface area contributed by atoms with Crippen LogP contribution in [0.4, 0.5) is 5.69 Å². The Morgan fingerprint density at radius 1 is 1.02 bits per heavy atom. The highest BCUT2D eigenvalue weighted by atomic mass is 32.1. The topological polar surface area (TPSA) is 131 Å². The monoisotopic (exact) mass is 601 g/mol. The van der Waals surface area contributed by atoms with E-state index in [-0.39, 0.29) is 39.5 Å². The van der Waals surface area contributed by atoms with Crippen molar-refractivity contribution in [1.82, 2.24) is 4.57 Å². The van der Waals surface area contributed by atoms with E-state index < -0.39 is 22.5 Å². The van der Waals surface area contributed by atoms with Crippen LogP contribution in [0, 0.1) is 10.1 Å². The lowest BCUT2D eigenvalue weighted by Crippen LogP contribution is -2.40. The third kappa shape index (κ3) is 5.52. The number of ether oxygens (including phenoxy) is 4. The molecule has 0 saturated heterocycles. The second kappa shape index (κ2) is 12.3. The first kappa shape index (κ1) is 29.3. The Hall–Kier alpha value is -5.23. The summed E-state index contributed by atoms with van der Waals surface area (Å²) in [6.07, 6.45) is 1.42. The Morgan fingerprint density at radius 3 is 2.30 bits per heavy atom. The van der Waals surface area contributed by atoms with Crippen LogP contribution in [0.5, 0.6) is 17.2 Å². The fourth-order valence-electron chi connectivity index (χ4n) is 4.84. The first-order valence-electron chi connectivity index (χ1n) is 13.1. The van der Waals surface area contributed by atoms with E-state index in [0.29, 0.717) is 27.4 Å². The number of rotatable bonds is 9. The smallest absolute Gasteiger partial charge is 0.338 e. The third-order valence-corrected chi connectivity index (χ3v) is 7.80. The molecule has 0 N–H and O–H groups in total. The lowest BCUT2D eigenvalue weighted by atomic mass is 9.93. The van der Waals surface area contributed by atoms with Crippen molar-refractivity contribution >= 4 is 34.8 Å². The van der Waals surface area contributed by atoms with Crippen molar-refractivity contribution in [2.24, 2.45) is 4.99 Å². The normalized spacial score (nSPS) is 14.5. The van der Waals surface area contributed by atoms with E-state index >= 15 is 0 Å². The van der Waals surface area contributed by atoms with Gasteiger partial charge in [0, 0.05) is 5.56 Å². The maximum atomic E-state index is 14.1. The molecular weight excluding hydrogens is 574 g/mol. The summed E-state index contributed by atoms with van der Waals surface area (Å²) in [5.74, 6) is 0.427. The van der Waals surface area contributed by atoms with Gasteiger partial charge in [-0.05, 0) is 36.8 Å². The molecule has 1 aromatic heterocycles. The largest absolute Gasteiger partial charge is 0.497 e. The summed E-state index contributed by atoms with van der Waals surface area (Å²) >= 11 is 1.05. The van der Waals surface area contributed by atoms with Crippen LogP contribution in [0.3, 0.4) is 0 Å². The summed E-state index contributed by atoms with van der Waals surface area (Å²) in [4.78, 5) is 44.2. The lowest BCUT2D eigenvalue weighted by molar-refractivity contribution is -0.385. The molecule has 43 heavy (non-hydrogen) atoms. The minimum absolute atomic E-state index is 0.118. The summed E-state index contributed by atoms with van der Waals surface area (Å²) in [6.45, 7) is 1.82. The fourth-order valence-corrected chi connectivity index (χ4v) is 5.83. The molecule has 220 valence electrons. The number of aromatic nitrogens is 1. The third-order valence-electron chi connectivity index (χ3n) is 6.82. The lowest BCUT2D eigenvalue weighted by Gasteiger charge is -2.26. The van der Waals surface area contributed by atoms with Crippen molar-refractivity contribution in [3.05, 3.63) is 119 Å². The average Bonchev–Trinajstić information content (AvgIpc) is 3.34. The minimum Gasteiger partial charge on any atom is -0.497 e. The Balaban J connectivity index is 1.83. The van der Waals surface area contributed by atoms with Crippen molar-refractivity contribution in [1.29, 1.82) is 0 Å². The molecular formula is C31H27N3O8S. The number of hydrogen-bond donors (Lipinski definition) is 0. The number of benzene rings is 3. The number of hydrogen-bond acceptors (Lipinski definition) is 10. The van der Waals surface area contributed by atoms with E-state index in [1.54, 1.807) is 38.3 Å². The highest BCUT2D eigenvalue weighted by Gasteiger charge is 2.35. The molecule has 0 amide bonds. The van der Waals surface area contributed by atoms with Crippen molar-refractivity contribution in [2.45, 2.75) is 13.0 Å². The molecule has 0 radical (unpaired) electrons. The molecule has 0 saturated carbocycles.